The topological polar surface area (TPSA) is 58.2 Å². The molecule has 0 unspecified atom stereocenters. The van der Waals surface area contributed by atoms with Crippen LogP contribution in [0.5, 0.6) is 0 Å². The Hall–Kier alpha value is -1.84. The van der Waals surface area contributed by atoms with Gasteiger partial charge in [0.15, 0.2) is 0 Å². The molecule has 4 bridgehead atoms. The van der Waals surface area contributed by atoms with E-state index in [4.69, 9.17) is 0 Å². The summed E-state index contributed by atoms with van der Waals surface area (Å²) >= 11 is 0. The minimum atomic E-state index is -0.500. The van der Waals surface area contributed by atoms with Gasteiger partial charge in [-0.3, -0.25) is 9.59 Å². The number of carbonyl (C=O) groups is 2. The standard InChI is InChI=1S/C24H34N2O2/c1-14(2)21(22(27)25-20-7-15(3)5-6-16(20)4)26-23(28)24-11-17-8-18(12-24)10-19(9-17)13-24/h5-7,14,17-19,21H,8-13H2,1-4H3,(H,25,27)(H,26,28)/t17?,18?,19?,21-,24?/m0/s1. The molecular weight excluding hydrogens is 348 g/mol. The fourth-order valence-corrected chi connectivity index (χ4v) is 6.30. The van der Waals surface area contributed by atoms with Gasteiger partial charge in [-0.15, -0.1) is 0 Å². The first-order valence-corrected chi connectivity index (χ1v) is 10.9. The summed E-state index contributed by atoms with van der Waals surface area (Å²) in [7, 11) is 0. The Morgan fingerprint density at radius 1 is 1.00 bits per heavy atom. The summed E-state index contributed by atoms with van der Waals surface area (Å²) < 4.78 is 0. The highest BCUT2D eigenvalue weighted by atomic mass is 16.2. The van der Waals surface area contributed by atoms with Crippen LogP contribution in [-0.4, -0.2) is 17.9 Å². The molecule has 1 aromatic carbocycles. The van der Waals surface area contributed by atoms with Crippen LogP contribution in [0.25, 0.3) is 0 Å². The maximum Gasteiger partial charge on any atom is 0.247 e. The van der Waals surface area contributed by atoms with Crippen LogP contribution in [0.1, 0.15) is 63.5 Å². The third-order valence-corrected chi connectivity index (χ3v) is 7.41. The summed E-state index contributed by atoms with van der Waals surface area (Å²) in [4.78, 5) is 26.5. The molecule has 2 N–H and O–H groups in total. The number of amides is 2. The second-order valence-corrected chi connectivity index (χ2v) is 10.2. The van der Waals surface area contributed by atoms with Crippen LogP contribution in [0.2, 0.25) is 0 Å². The van der Waals surface area contributed by atoms with Crippen LogP contribution in [0, 0.1) is 42.9 Å². The Kier molecular flexibility index (Phi) is 5.01. The van der Waals surface area contributed by atoms with Crippen LogP contribution in [0.15, 0.2) is 18.2 Å². The van der Waals surface area contributed by atoms with Gasteiger partial charge in [-0.25, -0.2) is 0 Å². The predicted molar refractivity (Wildman–Crippen MR) is 112 cm³/mol. The van der Waals surface area contributed by atoms with Crippen molar-refractivity contribution in [3.8, 4) is 0 Å². The van der Waals surface area contributed by atoms with E-state index in [-0.39, 0.29) is 23.1 Å². The zero-order chi connectivity index (χ0) is 20.1. The third-order valence-electron chi connectivity index (χ3n) is 7.41. The molecule has 4 heteroatoms. The Balaban J connectivity index is 1.48. The molecule has 28 heavy (non-hydrogen) atoms. The lowest BCUT2D eigenvalue weighted by Crippen LogP contribution is -2.57. The Morgan fingerprint density at radius 3 is 2.11 bits per heavy atom. The maximum atomic E-state index is 13.4. The lowest BCUT2D eigenvalue weighted by Gasteiger charge is -2.55. The molecule has 0 radical (unpaired) electrons. The molecule has 4 fully saturated rings. The van der Waals surface area contributed by atoms with Gasteiger partial charge in [0, 0.05) is 11.1 Å². The van der Waals surface area contributed by atoms with Crippen LogP contribution >= 0.6 is 0 Å². The highest BCUT2D eigenvalue weighted by Gasteiger charge is 2.55. The highest BCUT2D eigenvalue weighted by molar-refractivity contribution is 5.98. The molecule has 1 aromatic rings. The molecular formula is C24H34N2O2. The normalized spacial score (nSPS) is 31.7. The minimum Gasteiger partial charge on any atom is -0.344 e. The maximum absolute atomic E-state index is 13.4. The third kappa shape index (κ3) is 3.58. The van der Waals surface area contributed by atoms with E-state index in [1.54, 1.807) is 0 Å². The average molecular weight is 383 g/mol. The van der Waals surface area contributed by atoms with E-state index in [9.17, 15) is 9.59 Å². The molecule has 0 saturated heterocycles. The quantitative estimate of drug-likeness (QED) is 0.782. The first kappa shape index (κ1) is 19.5. The number of benzene rings is 1. The van der Waals surface area contributed by atoms with Gasteiger partial charge in [0.25, 0.3) is 0 Å². The van der Waals surface area contributed by atoms with Crippen molar-refractivity contribution in [2.45, 2.75) is 72.3 Å². The zero-order valence-corrected chi connectivity index (χ0v) is 17.7. The van der Waals surface area contributed by atoms with E-state index in [2.05, 4.69) is 10.6 Å². The van der Waals surface area contributed by atoms with Gasteiger partial charge < -0.3 is 10.6 Å². The molecule has 1 atom stereocenters. The van der Waals surface area contributed by atoms with Crippen LogP contribution in [0.4, 0.5) is 5.69 Å². The van der Waals surface area contributed by atoms with Crippen molar-refractivity contribution in [3.63, 3.8) is 0 Å². The van der Waals surface area contributed by atoms with Gasteiger partial charge in [0.2, 0.25) is 11.8 Å². The summed E-state index contributed by atoms with van der Waals surface area (Å²) in [5.41, 5.74) is 2.76. The predicted octanol–water partition coefficient (Wildman–Crippen LogP) is 4.60. The molecule has 4 aliphatic carbocycles. The van der Waals surface area contributed by atoms with Crippen molar-refractivity contribution < 1.29 is 9.59 Å². The Labute approximate surface area is 168 Å². The second-order valence-electron chi connectivity index (χ2n) is 10.2. The molecule has 4 aliphatic rings. The van der Waals surface area contributed by atoms with Crippen molar-refractivity contribution in [2.75, 3.05) is 5.32 Å². The molecule has 0 aromatic heterocycles. The van der Waals surface area contributed by atoms with Crippen molar-refractivity contribution in [3.05, 3.63) is 29.3 Å². The monoisotopic (exact) mass is 382 g/mol. The molecule has 0 spiro atoms. The molecule has 0 heterocycles. The number of nitrogens with one attached hydrogen (secondary N) is 2. The van der Waals surface area contributed by atoms with Gasteiger partial charge in [-0.05, 0) is 93.2 Å². The van der Waals surface area contributed by atoms with E-state index in [0.717, 1.165) is 53.8 Å². The number of aryl methyl sites for hydroxylation is 2. The van der Waals surface area contributed by atoms with E-state index < -0.39 is 6.04 Å². The van der Waals surface area contributed by atoms with Crippen LogP contribution in [0.3, 0.4) is 0 Å². The zero-order valence-electron chi connectivity index (χ0n) is 17.7. The van der Waals surface area contributed by atoms with Gasteiger partial charge in [0.1, 0.15) is 6.04 Å². The smallest absolute Gasteiger partial charge is 0.247 e. The number of carbonyl (C=O) groups excluding carboxylic acids is 2. The summed E-state index contributed by atoms with van der Waals surface area (Å²) in [6.45, 7) is 8.03. The molecule has 5 rings (SSSR count). The number of hydrogen-bond donors (Lipinski definition) is 2. The van der Waals surface area contributed by atoms with Crippen molar-refractivity contribution in [2.24, 2.45) is 29.1 Å². The lowest BCUT2D eigenvalue weighted by atomic mass is 9.49. The summed E-state index contributed by atoms with van der Waals surface area (Å²) in [5, 5.41) is 6.23. The fraction of sp³-hybridized carbons (Fsp3) is 0.667. The van der Waals surface area contributed by atoms with Gasteiger partial charge in [0.05, 0.1) is 0 Å². The first-order valence-electron chi connectivity index (χ1n) is 10.9. The van der Waals surface area contributed by atoms with Gasteiger partial charge >= 0.3 is 0 Å². The molecule has 4 nitrogen and oxygen atoms in total. The largest absolute Gasteiger partial charge is 0.344 e. The van der Waals surface area contributed by atoms with E-state index in [1.165, 1.54) is 19.3 Å². The Bertz CT molecular complexity index is 748. The first-order chi connectivity index (χ1) is 13.3. The number of anilines is 1. The van der Waals surface area contributed by atoms with Gasteiger partial charge in [-0.2, -0.15) is 0 Å². The van der Waals surface area contributed by atoms with E-state index in [0.29, 0.717) is 0 Å². The molecule has 2 amide bonds. The lowest BCUT2D eigenvalue weighted by molar-refractivity contribution is -0.148. The SMILES string of the molecule is Cc1ccc(C)c(NC(=O)[C@@H](NC(=O)C23CC4CC(CC(C4)C2)C3)C(C)C)c1. The molecule has 4 saturated carbocycles. The second kappa shape index (κ2) is 7.20. The summed E-state index contributed by atoms with van der Waals surface area (Å²) in [6.07, 6.45) is 7.00. The van der Waals surface area contributed by atoms with Crippen molar-refractivity contribution in [1.29, 1.82) is 0 Å². The highest BCUT2D eigenvalue weighted by Crippen LogP contribution is 2.60. The molecule has 0 aliphatic heterocycles. The fourth-order valence-electron chi connectivity index (χ4n) is 6.30. The van der Waals surface area contributed by atoms with Gasteiger partial charge in [-0.1, -0.05) is 26.0 Å². The molecule has 152 valence electrons. The van der Waals surface area contributed by atoms with E-state index >= 15 is 0 Å². The number of hydrogen-bond acceptors (Lipinski definition) is 2. The van der Waals surface area contributed by atoms with Crippen molar-refractivity contribution >= 4 is 17.5 Å². The average Bonchev–Trinajstić information content (AvgIpc) is 2.61. The summed E-state index contributed by atoms with van der Waals surface area (Å²) in [5.74, 6) is 2.22. The summed E-state index contributed by atoms with van der Waals surface area (Å²) in [6, 6.07) is 5.55. The van der Waals surface area contributed by atoms with Crippen LogP contribution < -0.4 is 10.6 Å². The van der Waals surface area contributed by atoms with E-state index in [1.807, 2.05) is 45.9 Å². The van der Waals surface area contributed by atoms with Crippen LogP contribution in [-0.2, 0) is 9.59 Å². The Morgan fingerprint density at radius 2 is 1.57 bits per heavy atom. The van der Waals surface area contributed by atoms with Crippen molar-refractivity contribution in [1.82, 2.24) is 5.32 Å². The minimum absolute atomic E-state index is 0.0444. The number of rotatable bonds is 5.